The average Bonchev–Trinajstić information content (AvgIpc) is 3.66. The number of fused-ring (bicyclic) bond motifs is 5. The van der Waals surface area contributed by atoms with Crippen molar-refractivity contribution in [3.63, 3.8) is 0 Å². The number of benzene rings is 1. The molecule has 4 aliphatic carbocycles. The van der Waals surface area contributed by atoms with E-state index in [1.165, 1.54) is 0 Å². The predicted molar refractivity (Wildman–Crippen MR) is 186 cm³/mol. The minimum absolute atomic E-state index is 0.0241. The largest absolute Gasteiger partial charge is 0.508 e. The van der Waals surface area contributed by atoms with E-state index < -0.39 is 52.4 Å². The second-order valence-electron chi connectivity index (χ2n) is 17.7. The van der Waals surface area contributed by atoms with Gasteiger partial charge in [0.1, 0.15) is 11.9 Å². The molecule has 0 bridgehead atoms. The summed E-state index contributed by atoms with van der Waals surface area (Å²) in [5.74, 6) is -0.346. The van der Waals surface area contributed by atoms with E-state index in [1.54, 1.807) is 23.1 Å². The number of rotatable bonds is 9. The van der Waals surface area contributed by atoms with Crippen LogP contribution < -0.4 is 4.90 Å². The van der Waals surface area contributed by atoms with Crippen molar-refractivity contribution < 1.29 is 45.0 Å². The van der Waals surface area contributed by atoms with Crippen molar-refractivity contribution in [2.24, 2.45) is 39.9 Å². The van der Waals surface area contributed by atoms with Gasteiger partial charge in [-0.2, -0.15) is 0 Å². The maximum absolute atomic E-state index is 14.2. The minimum Gasteiger partial charge on any atom is -0.508 e. The van der Waals surface area contributed by atoms with Crippen LogP contribution in [-0.4, -0.2) is 91.1 Å². The Morgan fingerprint density at radius 2 is 1.78 bits per heavy atom. The molecule has 1 aromatic rings. The number of epoxide rings is 1. The summed E-state index contributed by atoms with van der Waals surface area (Å²) >= 11 is 0. The molecule has 1 amide bonds. The molecular formula is C40H57NO9. The van der Waals surface area contributed by atoms with Crippen LogP contribution in [-0.2, 0) is 20.7 Å². The molecule has 2 aliphatic heterocycles. The standard InChI is InChI=1S/C40H57NO9/c1-22(2)23(3)34-35(50-34)37(5,48)31-10-13-40(49)28-18-32(46)39(21-42)20-30(45)29(44)19-36(39,4)27(28)9-12-38(31,40)11-8-24-15-25(17-26(43)16-24)41-14-6-7-33(41)47/h15-18,22-23,27,29-31,34-35,42-45,48-49H,6-14,19-21H2,1-5H3/t23-,27+,29+,30-,31-,34+,35-,36-,37-,38-,39-,40-/m1/s1. The number of phenols is 1. The molecule has 5 fully saturated rings. The smallest absolute Gasteiger partial charge is 0.227 e. The fourth-order valence-corrected chi connectivity index (χ4v) is 11.8. The molecule has 0 spiro atoms. The zero-order valence-corrected chi connectivity index (χ0v) is 30.3. The summed E-state index contributed by atoms with van der Waals surface area (Å²) in [6, 6.07) is 5.25. The molecule has 276 valence electrons. The van der Waals surface area contributed by atoms with Crippen LogP contribution in [0, 0.1) is 39.9 Å². The number of anilines is 1. The van der Waals surface area contributed by atoms with E-state index in [-0.39, 0.29) is 54.1 Å². The fourth-order valence-electron chi connectivity index (χ4n) is 11.8. The lowest BCUT2D eigenvalue weighted by atomic mass is 9.40. The number of allylic oxidation sites excluding steroid dienone is 1. The third-order valence-electron chi connectivity index (χ3n) is 15.1. The summed E-state index contributed by atoms with van der Waals surface area (Å²) < 4.78 is 6.25. The zero-order chi connectivity index (χ0) is 36.2. The van der Waals surface area contributed by atoms with E-state index in [9.17, 15) is 40.2 Å². The van der Waals surface area contributed by atoms with E-state index in [2.05, 4.69) is 20.8 Å². The van der Waals surface area contributed by atoms with Crippen LogP contribution >= 0.6 is 0 Å². The summed E-state index contributed by atoms with van der Waals surface area (Å²) in [4.78, 5) is 28.5. The molecule has 6 aliphatic rings. The average molecular weight is 696 g/mol. The number of nitrogens with zero attached hydrogens (tertiary/aromatic N) is 1. The van der Waals surface area contributed by atoms with Gasteiger partial charge >= 0.3 is 0 Å². The SMILES string of the molecule is CC(C)[C@@H](C)[C@@H]1O[C@H]1[C@](C)(O)[C@H]1CC[C@@]2(O)C3=CC(=O)[C@]4(CO)C[C@@H](O)[C@@H](O)C[C@]4(C)[C@H]3CC[C@]12CCc1cc(O)cc(N2CCCC2=O)c1. The van der Waals surface area contributed by atoms with Gasteiger partial charge in [0.05, 0.1) is 41.5 Å². The Morgan fingerprint density at radius 1 is 1.06 bits per heavy atom. The number of hydrogen-bond donors (Lipinski definition) is 6. The lowest BCUT2D eigenvalue weighted by Crippen LogP contribution is -2.67. The first-order valence-electron chi connectivity index (χ1n) is 18.9. The molecule has 2 saturated heterocycles. The first-order chi connectivity index (χ1) is 23.5. The number of ketones is 1. The maximum Gasteiger partial charge on any atom is 0.227 e. The van der Waals surface area contributed by atoms with Gasteiger partial charge in [0.2, 0.25) is 5.91 Å². The van der Waals surface area contributed by atoms with E-state index in [4.69, 9.17) is 4.74 Å². The van der Waals surface area contributed by atoms with Gasteiger partial charge in [0, 0.05) is 30.1 Å². The van der Waals surface area contributed by atoms with Gasteiger partial charge in [-0.25, -0.2) is 0 Å². The highest BCUT2D eigenvalue weighted by molar-refractivity contribution is 5.98. The van der Waals surface area contributed by atoms with Crippen LogP contribution in [0.25, 0.3) is 0 Å². The predicted octanol–water partition coefficient (Wildman–Crippen LogP) is 3.81. The lowest BCUT2D eigenvalue weighted by molar-refractivity contribution is -0.195. The van der Waals surface area contributed by atoms with Crippen molar-refractivity contribution in [3.05, 3.63) is 35.4 Å². The summed E-state index contributed by atoms with van der Waals surface area (Å²) in [5.41, 5.74) is -3.69. The number of carbonyl (C=O) groups excluding carboxylic acids is 2. The molecule has 50 heavy (non-hydrogen) atoms. The minimum atomic E-state index is -1.47. The highest BCUT2D eigenvalue weighted by Crippen LogP contribution is 2.72. The number of phenolic OH excluding ortho intramolecular Hbond substituents is 1. The quantitative estimate of drug-likeness (QED) is 0.210. The van der Waals surface area contributed by atoms with Crippen molar-refractivity contribution in [2.75, 3.05) is 18.1 Å². The van der Waals surface area contributed by atoms with Gasteiger partial charge in [-0.3, -0.25) is 9.59 Å². The molecule has 12 atom stereocenters. The Hall–Kier alpha value is -2.34. The molecule has 1 aromatic carbocycles. The van der Waals surface area contributed by atoms with Gasteiger partial charge in [-0.05, 0) is 123 Å². The summed E-state index contributed by atoms with van der Waals surface area (Å²) in [5, 5.41) is 69.0. The van der Waals surface area contributed by atoms with Gasteiger partial charge in [0.15, 0.2) is 5.78 Å². The molecule has 7 rings (SSSR count). The number of ether oxygens (including phenoxy) is 1. The molecular weight excluding hydrogens is 638 g/mol. The lowest BCUT2D eigenvalue weighted by Gasteiger charge is -2.64. The summed E-state index contributed by atoms with van der Waals surface area (Å²) in [7, 11) is 0. The molecule has 2 heterocycles. The van der Waals surface area contributed by atoms with E-state index in [0.717, 1.165) is 12.0 Å². The normalized spacial score (nSPS) is 42.9. The highest BCUT2D eigenvalue weighted by Gasteiger charge is 2.74. The molecule has 10 heteroatoms. The van der Waals surface area contributed by atoms with Gasteiger partial charge < -0.3 is 40.3 Å². The number of aromatic hydroxyl groups is 1. The van der Waals surface area contributed by atoms with Crippen molar-refractivity contribution >= 4 is 17.4 Å². The van der Waals surface area contributed by atoms with E-state index in [0.29, 0.717) is 68.7 Å². The third-order valence-corrected chi connectivity index (χ3v) is 15.1. The highest BCUT2D eigenvalue weighted by atomic mass is 16.6. The second-order valence-corrected chi connectivity index (χ2v) is 17.7. The van der Waals surface area contributed by atoms with Gasteiger partial charge in [-0.15, -0.1) is 0 Å². The number of carbonyl (C=O) groups is 2. The van der Waals surface area contributed by atoms with Crippen LogP contribution in [0.3, 0.4) is 0 Å². The maximum atomic E-state index is 14.2. The fraction of sp³-hybridized carbons (Fsp3) is 0.750. The number of aliphatic hydroxyl groups is 5. The Kier molecular flexibility index (Phi) is 8.72. The number of amides is 1. The number of aliphatic hydroxyl groups excluding tert-OH is 3. The first kappa shape index (κ1) is 36.0. The van der Waals surface area contributed by atoms with Crippen LogP contribution in [0.2, 0.25) is 0 Å². The Balaban J connectivity index is 1.30. The summed E-state index contributed by atoms with van der Waals surface area (Å²) in [6.07, 6.45) is 3.04. The molecule has 0 aromatic heterocycles. The topological polar surface area (TPSA) is 171 Å². The van der Waals surface area contributed by atoms with Crippen LogP contribution in [0.5, 0.6) is 5.75 Å². The molecule has 0 unspecified atom stereocenters. The Labute approximate surface area is 295 Å². The van der Waals surface area contributed by atoms with Crippen molar-refractivity contribution in [1.29, 1.82) is 0 Å². The van der Waals surface area contributed by atoms with Crippen LogP contribution in [0.15, 0.2) is 29.8 Å². The number of hydrogen-bond acceptors (Lipinski definition) is 9. The van der Waals surface area contributed by atoms with Crippen molar-refractivity contribution in [2.45, 2.75) is 134 Å². The van der Waals surface area contributed by atoms with E-state index >= 15 is 0 Å². The van der Waals surface area contributed by atoms with Gasteiger partial charge in [0.25, 0.3) is 0 Å². The first-order valence-corrected chi connectivity index (χ1v) is 18.9. The van der Waals surface area contributed by atoms with E-state index in [1.807, 2.05) is 19.9 Å². The Morgan fingerprint density at radius 3 is 2.44 bits per heavy atom. The van der Waals surface area contributed by atoms with Crippen molar-refractivity contribution in [1.82, 2.24) is 0 Å². The van der Waals surface area contributed by atoms with Crippen LogP contribution in [0.1, 0.15) is 98.0 Å². The molecule has 0 radical (unpaired) electrons. The number of aryl methyl sites for hydroxylation is 1. The molecule has 10 nitrogen and oxygen atoms in total. The zero-order valence-electron chi connectivity index (χ0n) is 30.3. The van der Waals surface area contributed by atoms with Crippen LogP contribution in [0.4, 0.5) is 5.69 Å². The monoisotopic (exact) mass is 695 g/mol. The van der Waals surface area contributed by atoms with Gasteiger partial charge in [-0.1, -0.05) is 27.7 Å². The third kappa shape index (κ3) is 5.02. The molecule has 6 N–H and O–H groups in total. The Bertz CT molecular complexity index is 1570. The van der Waals surface area contributed by atoms with Crippen molar-refractivity contribution in [3.8, 4) is 5.75 Å². The molecule has 3 saturated carbocycles. The second kappa shape index (κ2) is 12.1. The summed E-state index contributed by atoms with van der Waals surface area (Å²) in [6.45, 7) is 10.3.